The van der Waals surface area contributed by atoms with Crippen molar-refractivity contribution in [2.24, 2.45) is 0 Å². The summed E-state index contributed by atoms with van der Waals surface area (Å²) >= 11 is 0. The van der Waals surface area contributed by atoms with Crippen molar-refractivity contribution >= 4 is 21.9 Å². The van der Waals surface area contributed by atoms with Crippen LogP contribution in [0.3, 0.4) is 0 Å². The van der Waals surface area contributed by atoms with Gasteiger partial charge in [0.15, 0.2) is 0 Å². The number of nitrogens with zero attached hydrogens (tertiary/aromatic N) is 3. The van der Waals surface area contributed by atoms with Crippen LogP contribution < -0.4 is 0 Å². The number of rotatable bonds is 13. The van der Waals surface area contributed by atoms with Gasteiger partial charge in [0.05, 0.1) is 19.4 Å². The van der Waals surface area contributed by atoms with Gasteiger partial charge in [-0.1, -0.05) is 137 Å². The molecule has 0 spiro atoms. The van der Waals surface area contributed by atoms with Crippen LogP contribution in [0.25, 0.3) is 66.8 Å². The quantitative estimate of drug-likeness (QED) is 0.108. The van der Waals surface area contributed by atoms with Crippen LogP contribution in [0.1, 0.15) is 91.4 Å². The first-order valence-corrected chi connectivity index (χ1v) is 22.3. The number of fused-ring (bicyclic) bond motifs is 3. The van der Waals surface area contributed by atoms with Crippen LogP contribution in [-0.4, -0.2) is 15.0 Å². The van der Waals surface area contributed by atoms with Gasteiger partial charge >= 0.3 is 20.1 Å². The van der Waals surface area contributed by atoms with E-state index in [2.05, 4.69) is 18.2 Å². The molecule has 10 rings (SSSR count). The van der Waals surface area contributed by atoms with Gasteiger partial charge in [-0.05, 0) is 103 Å². The topological polar surface area (TPSA) is 51.8 Å². The van der Waals surface area contributed by atoms with E-state index in [0.29, 0.717) is 33.5 Å². The van der Waals surface area contributed by atoms with Crippen LogP contribution in [0.15, 0.2) is 181 Å². The standard InChI is InChI=1S/C63H53FN3O.Ir/c1-61(2,48-26-31-55(66-40-48)45-17-10-7-11-18-45)37-43-33-44(38-62(3,4)49-27-32-56(67-41-49)46-19-12-8-13-20-46)35-50(34-43)63(5,6)36-42-25-30-57(65-39-42)53-24-16-23-51-52-28-29-54(64)58(60(52)68-59(51)53)47-21-14-9-15-22-47;/h7-17,19,21-23,25-35,39-41H,36-38H2,1-6H3;/q-3;+3/i9D,14D,15D,21D,22D,29D,36D2,37D2,38D2;. The Morgan fingerprint density at radius 1 is 0.536 bits per heavy atom. The van der Waals surface area contributed by atoms with Gasteiger partial charge in [0.25, 0.3) is 0 Å². The molecule has 0 amide bonds. The van der Waals surface area contributed by atoms with E-state index in [-0.39, 0.29) is 64.6 Å². The number of benzene rings is 6. The fourth-order valence-electron chi connectivity index (χ4n) is 8.51. The Hall–Kier alpha value is -6.85. The van der Waals surface area contributed by atoms with Crippen LogP contribution in [-0.2, 0) is 55.5 Å². The van der Waals surface area contributed by atoms with Gasteiger partial charge in [-0.2, -0.15) is 0 Å². The first kappa shape index (κ1) is 34.4. The van der Waals surface area contributed by atoms with E-state index in [4.69, 9.17) is 27.6 Å². The van der Waals surface area contributed by atoms with Gasteiger partial charge in [0, 0.05) is 32.2 Å². The summed E-state index contributed by atoms with van der Waals surface area (Å²) in [6.07, 6.45) is -2.03. The molecular weight excluding hydrogens is 1030 g/mol. The predicted molar refractivity (Wildman–Crippen MR) is 275 cm³/mol. The number of pyridine rings is 3. The maximum absolute atomic E-state index is 16.1. The summed E-state index contributed by atoms with van der Waals surface area (Å²) in [7, 11) is 0. The molecule has 0 atom stereocenters. The molecule has 4 heterocycles. The Morgan fingerprint density at radius 3 is 1.62 bits per heavy atom. The predicted octanol–water partition coefficient (Wildman–Crippen LogP) is 15.5. The smallest absolute Gasteiger partial charge is 0.500 e. The second-order valence-corrected chi connectivity index (χ2v) is 18.3. The van der Waals surface area contributed by atoms with E-state index < -0.39 is 88.6 Å². The number of furan rings is 1. The molecule has 4 nitrogen and oxygen atoms in total. The van der Waals surface area contributed by atoms with E-state index in [1.807, 2.05) is 60.7 Å². The van der Waals surface area contributed by atoms with E-state index >= 15 is 4.39 Å². The van der Waals surface area contributed by atoms with Crippen molar-refractivity contribution in [2.75, 3.05) is 0 Å². The van der Waals surface area contributed by atoms with Crippen molar-refractivity contribution in [2.45, 2.75) is 76.9 Å². The van der Waals surface area contributed by atoms with E-state index in [0.717, 1.165) is 11.1 Å². The van der Waals surface area contributed by atoms with Crippen molar-refractivity contribution in [1.82, 2.24) is 15.0 Å². The Kier molecular flexibility index (Phi) is 9.62. The molecule has 10 aromatic rings. The summed E-state index contributed by atoms with van der Waals surface area (Å²) in [5, 5.41) is 0.645. The molecule has 0 N–H and O–H groups in total. The zero-order valence-electron chi connectivity index (χ0n) is 50.7. The van der Waals surface area contributed by atoms with E-state index in [9.17, 15) is 8.22 Å². The minimum absolute atomic E-state index is 0. The van der Waals surface area contributed by atoms with Gasteiger partial charge in [-0.25, -0.2) is 4.39 Å². The molecule has 0 radical (unpaired) electrons. The molecule has 69 heavy (non-hydrogen) atoms. The summed E-state index contributed by atoms with van der Waals surface area (Å²) in [5.41, 5.74) is 0.318. The monoisotopic (exact) mass is 1090 g/mol. The molecule has 0 fully saturated rings. The Morgan fingerprint density at radius 2 is 1.09 bits per heavy atom. The van der Waals surface area contributed by atoms with Crippen molar-refractivity contribution in [3.8, 4) is 44.9 Å². The largest absolute Gasteiger partial charge is 3.00 e. The van der Waals surface area contributed by atoms with Crippen molar-refractivity contribution in [1.29, 1.82) is 0 Å². The number of aromatic nitrogens is 3. The summed E-state index contributed by atoms with van der Waals surface area (Å²) < 4.78 is 133. The molecule has 0 saturated carbocycles. The number of hydrogen-bond donors (Lipinski definition) is 0. The maximum atomic E-state index is 16.1. The SMILES string of the molecule is [2H]c1cc2c(oc3c(-c4ccc(C([2H])([2H])C(C)(C)c5cc(C([2H])([2H])C(C)(C)c6ccc(-c7[c-]cccc7)nc6)cc(C([2H])([2H])C(C)(C)c6ccc(-c7[c-]cccc7)nc6)c5)cn4)[c-]ccc32)c(-c2c([2H])c([2H])c([2H])c([2H])c2[2H])c1F.[Ir+3]. The molecule has 0 aliphatic rings. The minimum Gasteiger partial charge on any atom is -0.500 e. The first-order chi connectivity index (χ1) is 37.6. The maximum Gasteiger partial charge on any atom is 3.00 e. The Bertz CT molecular complexity index is 3870. The molecular formula is C63H53FIrN3O. The molecule has 6 heteroatoms. The van der Waals surface area contributed by atoms with Gasteiger partial charge in [0.1, 0.15) is 11.4 Å². The summed E-state index contributed by atoms with van der Waals surface area (Å²) in [4.78, 5) is 14.1. The van der Waals surface area contributed by atoms with Gasteiger partial charge in [-0.3, -0.25) is 0 Å². The Labute approximate surface area is 436 Å². The second kappa shape index (κ2) is 19.3. The second-order valence-electron chi connectivity index (χ2n) is 18.3. The van der Waals surface area contributed by atoms with Crippen LogP contribution in [0.5, 0.6) is 0 Å². The van der Waals surface area contributed by atoms with Gasteiger partial charge in [-0.15, -0.1) is 90.0 Å². The summed E-state index contributed by atoms with van der Waals surface area (Å²) in [6, 6.07) is 40.1. The average Bonchev–Trinajstić information content (AvgIpc) is 3.83. The van der Waals surface area contributed by atoms with Crippen molar-refractivity contribution in [3.05, 3.63) is 234 Å². The van der Waals surface area contributed by atoms with Crippen molar-refractivity contribution in [3.63, 3.8) is 0 Å². The zero-order chi connectivity index (χ0) is 57.6. The fraction of sp³-hybridized carbons (Fsp3) is 0.190. The number of halogens is 1. The molecule has 0 saturated heterocycles. The van der Waals surface area contributed by atoms with Crippen LogP contribution in [0.2, 0.25) is 0 Å². The van der Waals surface area contributed by atoms with E-state index in [1.54, 1.807) is 109 Å². The van der Waals surface area contributed by atoms with Crippen LogP contribution in [0, 0.1) is 24.0 Å². The van der Waals surface area contributed by atoms with Crippen LogP contribution in [0.4, 0.5) is 4.39 Å². The average molecular weight is 1090 g/mol. The third-order valence-electron chi connectivity index (χ3n) is 12.2. The first-order valence-electron chi connectivity index (χ1n) is 28.3. The minimum atomic E-state index is -2.27. The Balaban J connectivity index is 0.00000792. The van der Waals surface area contributed by atoms with Gasteiger partial charge in [0.2, 0.25) is 0 Å². The molecule has 6 aromatic carbocycles. The van der Waals surface area contributed by atoms with Crippen LogP contribution >= 0.6 is 0 Å². The third kappa shape index (κ3) is 9.88. The molecule has 0 unspecified atom stereocenters. The van der Waals surface area contributed by atoms with Gasteiger partial charge < -0.3 is 19.4 Å². The number of hydrogen-bond acceptors (Lipinski definition) is 4. The summed E-state index contributed by atoms with van der Waals surface area (Å²) in [5.74, 6) is -1.14. The normalized spacial score (nSPS) is 15.2. The molecule has 0 aliphatic carbocycles. The van der Waals surface area contributed by atoms with E-state index in [1.165, 1.54) is 12.3 Å². The van der Waals surface area contributed by atoms with Crippen molar-refractivity contribution < 1.29 is 45.4 Å². The molecule has 0 bridgehead atoms. The third-order valence-corrected chi connectivity index (χ3v) is 12.2. The fourth-order valence-corrected chi connectivity index (χ4v) is 8.51. The molecule has 342 valence electrons. The molecule has 4 aromatic heterocycles. The molecule has 0 aliphatic heterocycles. The summed E-state index contributed by atoms with van der Waals surface area (Å²) in [6.45, 7) is 10.5. The zero-order valence-corrected chi connectivity index (χ0v) is 41.1.